The molecule has 8 heteroatoms. The van der Waals surface area contributed by atoms with Crippen LogP contribution < -0.4 is 14.8 Å². The average Bonchev–Trinajstić information content (AvgIpc) is 2.74. The second-order valence-electron chi connectivity index (χ2n) is 6.04. The third-order valence-electron chi connectivity index (χ3n) is 3.83. The summed E-state index contributed by atoms with van der Waals surface area (Å²) in [7, 11) is 0. The molecule has 0 saturated heterocycles. The van der Waals surface area contributed by atoms with Gasteiger partial charge in [-0.05, 0) is 36.4 Å². The Bertz CT molecular complexity index is 970. The van der Waals surface area contributed by atoms with Gasteiger partial charge in [-0.25, -0.2) is 8.78 Å². The maximum Gasteiger partial charge on any atom is 0.255 e. The van der Waals surface area contributed by atoms with Crippen molar-refractivity contribution in [1.82, 2.24) is 10.3 Å². The van der Waals surface area contributed by atoms with E-state index in [1.807, 2.05) is 0 Å². The van der Waals surface area contributed by atoms with Crippen molar-refractivity contribution < 1.29 is 28.2 Å². The van der Waals surface area contributed by atoms with Crippen LogP contribution in [0.25, 0.3) is 0 Å². The molecule has 1 heterocycles. The summed E-state index contributed by atoms with van der Waals surface area (Å²) < 4.78 is 36.9. The Morgan fingerprint density at radius 3 is 2.66 bits per heavy atom. The predicted molar refractivity (Wildman–Crippen MR) is 101 cm³/mol. The van der Waals surface area contributed by atoms with Gasteiger partial charge in [-0.15, -0.1) is 0 Å². The minimum absolute atomic E-state index is 0.0736. The minimum Gasteiger partial charge on any atom is -0.491 e. The van der Waals surface area contributed by atoms with E-state index < -0.39 is 23.6 Å². The molecule has 2 aromatic carbocycles. The zero-order chi connectivity index (χ0) is 20.6. The van der Waals surface area contributed by atoms with E-state index in [-0.39, 0.29) is 24.5 Å². The summed E-state index contributed by atoms with van der Waals surface area (Å²) in [6.07, 6.45) is 2.07. The first-order valence-corrected chi connectivity index (χ1v) is 8.74. The molecule has 0 aliphatic heterocycles. The predicted octanol–water partition coefficient (Wildman–Crippen LogP) is 3.32. The molecule has 1 amide bonds. The van der Waals surface area contributed by atoms with Crippen LogP contribution in [-0.4, -0.2) is 35.3 Å². The number of para-hydroxylation sites is 1. The highest BCUT2D eigenvalue weighted by molar-refractivity contribution is 5.97. The maximum atomic E-state index is 13.1. The van der Waals surface area contributed by atoms with Gasteiger partial charge >= 0.3 is 0 Å². The van der Waals surface area contributed by atoms with Crippen LogP contribution in [0.4, 0.5) is 8.78 Å². The second-order valence-corrected chi connectivity index (χ2v) is 6.04. The Balaban J connectivity index is 1.54. The summed E-state index contributed by atoms with van der Waals surface area (Å²) in [5.74, 6) is -1.59. The smallest absolute Gasteiger partial charge is 0.255 e. The van der Waals surface area contributed by atoms with Crippen molar-refractivity contribution in [3.05, 3.63) is 84.2 Å². The molecule has 1 aromatic heterocycles. The molecular weight excluding hydrogens is 382 g/mol. The topological polar surface area (TPSA) is 80.7 Å². The lowest BCUT2D eigenvalue weighted by atomic mass is 10.2. The van der Waals surface area contributed by atoms with Gasteiger partial charge in [-0.1, -0.05) is 12.1 Å². The number of carbonyl (C=O) groups is 1. The summed E-state index contributed by atoms with van der Waals surface area (Å²) >= 11 is 0. The molecule has 2 N–H and O–H groups in total. The molecule has 0 saturated carbocycles. The molecule has 0 fully saturated rings. The number of hydrogen-bond acceptors (Lipinski definition) is 5. The number of aromatic nitrogens is 1. The standard InChI is InChI=1S/C21H18F2N2O4/c22-18-8-7-15(10-19(18)23)28-13-14(26)11-25-21(27)17-5-1-2-6-20(17)29-16-4-3-9-24-12-16/h1-10,12,14,26H,11,13H2,(H,25,27). The lowest BCUT2D eigenvalue weighted by Gasteiger charge is -2.15. The Morgan fingerprint density at radius 2 is 1.90 bits per heavy atom. The number of aliphatic hydroxyl groups excluding tert-OH is 1. The zero-order valence-electron chi connectivity index (χ0n) is 15.2. The molecule has 3 aromatic rings. The van der Waals surface area contributed by atoms with E-state index in [1.165, 1.54) is 12.3 Å². The largest absolute Gasteiger partial charge is 0.491 e. The van der Waals surface area contributed by atoms with Crippen molar-refractivity contribution in [1.29, 1.82) is 0 Å². The summed E-state index contributed by atoms with van der Waals surface area (Å²) in [5.41, 5.74) is 0.282. The monoisotopic (exact) mass is 400 g/mol. The Morgan fingerprint density at radius 1 is 1.07 bits per heavy atom. The van der Waals surface area contributed by atoms with Crippen molar-refractivity contribution in [3.63, 3.8) is 0 Å². The van der Waals surface area contributed by atoms with Crippen molar-refractivity contribution in [3.8, 4) is 17.2 Å². The molecule has 1 unspecified atom stereocenters. The van der Waals surface area contributed by atoms with Crippen molar-refractivity contribution >= 4 is 5.91 Å². The van der Waals surface area contributed by atoms with Crippen LogP contribution in [0.1, 0.15) is 10.4 Å². The van der Waals surface area contributed by atoms with Crippen LogP contribution in [-0.2, 0) is 0 Å². The number of benzene rings is 2. The van der Waals surface area contributed by atoms with E-state index in [9.17, 15) is 18.7 Å². The Labute approximate surface area is 165 Å². The first-order chi connectivity index (χ1) is 14.0. The molecule has 0 bridgehead atoms. The summed E-state index contributed by atoms with van der Waals surface area (Å²) in [4.78, 5) is 16.4. The summed E-state index contributed by atoms with van der Waals surface area (Å²) in [6.45, 7) is -0.317. The highest BCUT2D eigenvalue weighted by Crippen LogP contribution is 2.24. The number of carbonyl (C=O) groups excluding carboxylic acids is 1. The molecule has 0 radical (unpaired) electrons. The number of hydrogen-bond donors (Lipinski definition) is 2. The number of halogens is 2. The van der Waals surface area contributed by atoms with Crippen molar-refractivity contribution in [2.75, 3.05) is 13.2 Å². The molecule has 1 atom stereocenters. The lowest BCUT2D eigenvalue weighted by Crippen LogP contribution is -2.35. The zero-order valence-corrected chi connectivity index (χ0v) is 15.2. The van der Waals surface area contributed by atoms with Crippen molar-refractivity contribution in [2.45, 2.75) is 6.10 Å². The van der Waals surface area contributed by atoms with Crippen LogP contribution in [0, 0.1) is 11.6 Å². The number of nitrogens with zero attached hydrogens (tertiary/aromatic N) is 1. The molecule has 150 valence electrons. The highest BCUT2D eigenvalue weighted by atomic mass is 19.2. The lowest BCUT2D eigenvalue weighted by molar-refractivity contribution is 0.0841. The van der Waals surface area contributed by atoms with E-state index in [0.717, 1.165) is 12.1 Å². The first kappa shape index (κ1) is 20.2. The van der Waals surface area contributed by atoms with Gasteiger partial charge in [-0.3, -0.25) is 9.78 Å². The number of aliphatic hydroxyl groups is 1. The van der Waals surface area contributed by atoms with Crippen LogP contribution in [0.15, 0.2) is 67.0 Å². The van der Waals surface area contributed by atoms with E-state index in [4.69, 9.17) is 9.47 Å². The van der Waals surface area contributed by atoms with Gasteiger partial charge in [0.15, 0.2) is 11.6 Å². The van der Waals surface area contributed by atoms with Gasteiger partial charge in [0.1, 0.15) is 30.0 Å². The molecule has 3 rings (SSSR count). The first-order valence-electron chi connectivity index (χ1n) is 8.74. The van der Waals surface area contributed by atoms with E-state index in [2.05, 4.69) is 10.3 Å². The number of amides is 1. The number of pyridine rings is 1. The minimum atomic E-state index is -1.06. The highest BCUT2D eigenvalue weighted by Gasteiger charge is 2.15. The SMILES string of the molecule is O=C(NCC(O)COc1ccc(F)c(F)c1)c1ccccc1Oc1cccnc1. The molecule has 29 heavy (non-hydrogen) atoms. The van der Waals surface area contributed by atoms with Crippen LogP contribution >= 0.6 is 0 Å². The third-order valence-corrected chi connectivity index (χ3v) is 3.83. The van der Waals surface area contributed by atoms with Crippen LogP contribution in [0.2, 0.25) is 0 Å². The van der Waals surface area contributed by atoms with Gasteiger partial charge in [0.2, 0.25) is 0 Å². The van der Waals surface area contributed by atoms with Gasteiger partial charge in [0.05, 0.1) is 11.8 Å². The number of rotatable bonds is 8. The molecule has 6 nitrogen and oxygen atoms in total. The van der Waals surface area contributed by atoms with Gasteiger partial charge in [-0.2, -0.15) is 0 Å². The number of ether oxygens (including phenoxy) is 2. The molecule has 0 aliphatic carbocycles. The fourth-order valence-electron chi connectivity index (χ4n) is 2.40. The van der Waals surface area contributed by atoms with Gasteiger partial charge in [0.25, 0.3) is 5.91 Å². The molecular formula is C21H18F2N2O4. The van der Waals surface area contributed by atoms with E-state index in [0.29, 0.717) is 11.5 Å². The molecule has 0 aliphatic rings. The summed E-state index contributed by atoms with van der Waals surface area (Å²) in [6, 6.07) is 13.1. The Hall–Kier alpha value is -3.52. The fraction of sp³-hybridized carbons (Fsp3) is 0.143. The van der Waals surface area contributed by atoms with Crippen LogP contribution in [0.5, 0.6) is 17.2 Å². The Kier molecular flexibility index (Phi) is 6.70. The van der Waals surface area contributed by atoms with E-state index in [1.54, 1.807) is 42.6 Å². The average molecular weight is 400 g/mol. The van der Waals surface area contributed by atoms with Crippen molar-refractivity contribution in [2.24, 2.45) is 0 Å². The van der Waals surface area contributed by atoms with Gasteiger partial charge in [0, 0.05) is 18.8 Å². The quantitative estimate of drug-likeness (QED) is 0.606. The van der Waals surface area contributed by atoms with E-state index >= 15 is 0 Å². The van der Waals surface area contributed by atoms with Crippen LogP contribution in [0.3, 0.4) is 0 Å². The normalized spacial score (nSPS) is 11.6. The maximum absolute atomic E-state index is 13.1. The second kappa shape index (κ2) is 9.61. The summed E-state index contributed by atoms with van der Waals surface area (Å²) in [5, 5.41) is 12.6. The fourth-order valence-corrected chi connectivity index (χ4v) is 2.40. The van der Waals surface area contributed by atoms with Gasteiger partial charge < -0.3 is 19.9 Å². The third kappa shape index (κ3) is 5.73. The number of nitrogens with one attached hydrogen (secondary N) is 1. The molecule has 0 spiro atoms.